The van der Waals surface area contributed by atoms with Crippen LogP contribution in [0.5, 0.6) is 0 Å². The lowest BCUT2D eigenvalue weighted by Crippen LogP contribution is -2.39. The van der Waals surface area contributed by atoms with Crippen molar-refractivity contribution in [2.45, 2.75) is 30.4 Å². The van der Waals surface area contributed by atoms with Crippen molar-refractivity contribution >= 4 is 38.9 Å². The Hall–Kier alpha value is -1.41. The third kappa shape index (κ3) is 5.31. The third-order valence-electron chi connectivity index (χ3n) is 4.86. The minimum atomic E-state index is -3.48. The van der Waals surface area contributed by atoms with Gasteiger partial charge in [-0.15, -0.1) is 11.3 Å². The Morgan fingerprint density at radius 2 is 1.85 bits per heavy atom. The highest BCUT2D eigenvalue weighted by molar-refractivity contribution is 7.91. The van der Waals surface area contributed by atoms with Gasteiger partial charge in [0.25, 0.3) is 5.91 Å². The summed E-state index contributed by atoms with van der Waals surface area (Å²) in [6, 6.07) is 10.7. The molecule has 0 radical (unpaired) electrons. The summed E-state index contributed by atoms with van der Waals surface area (Å²) in [6.07, 6.45) is 2.55. The van der Waals surface area contributed by atoms with E-state index < -0.39 is 10.0 Å². The van der Waals surface area contributed by atoms with Gasteiger partial charge >= 0.3 is 0 Å². The lowest BCUT2D eigenvalue weighted by Gasteiger charge is -2.32. The summed E-state index contributed by atoms with van der Waals surface area (Å²) in [6.45, 7) is 3.82. The molecule has 5 nitrogen and oxygen atoms in total. The van der Waals surface area contributed by atoms with E-state index in [0.29, 0.717) is 29.9 Å². The van der Waals surface area contributed by atoms with E-state index >= 15 is 0 Å². The van der Waals surface area contributed by atoms with Crippen molar-refractivity contribution < 1.29 is 13.2 Å². The molecule has 3 rings (SSSR count). The molecule has 1 fully saturated rings. The smallest absolute Gasteiger partial charge is 0.253 e. The molecular formula is C19H23ClN2O3S2. The van der Waals surface area contributed by atoms with Crippen molar-refractivity contribution in [1.82, 2.24) is 9.62 Å². The van der Waals surface area contributed by atoms with Gasteiger partial charge in [-0.05, 0) is 56.4 Å². The highest BCUT2D eigenvalue weighted by Crippen LogP contribution is 2.26. The van der Waals surface area contributed by atoms with Gasteiger partial charge in [-0.1, -0.05) is 29.3 Å². The van der Waals surface area contributed by atoms with Gasteiger partial charge in [0.2, 0.25) is 10.0 Å². The summed E-state index contributed by atoms with van der Waals surface area (Å²) in [5.74, 6) is 0.491. The molecule has 146 valence electrons. The SMILES string of the molecule is Cc1ccc(C(=O)N2CCC(CCNS(=O)(=O)c3ccc(Cl)s3)CC2)cc1. The van der Waals surface area contributed by atoms with Crippen LogP contribution >= 0.6 is 22.9 Å². The van der Waals surface area contributed by atoms with Crippen molar-refractivity contribution in [3.8, 4) is 0 Å². The first kappa shape index (κ1) is 20.3. The maximum atomic E-state index is 12.5. The maximum absolute atomic E-state index is 12.5. The number of carbonyl (C=O) groups is 1. The van der Waals surface area contributed by atoms with Gasteiger partial charge in [-0.2, -0.15) is 0 Å². The minimum Gasteiger partial charge on any atom is -0.339 e. The standard InChI is InChI=1S/C19H23ClN2O3S2/c1-14-2-4-16(5-3-14)19(23)22-12-9-15(10-13-22)8-11-21-27(24,25)18-7-6-17(20)26-18/h2-7,15,21H,8-13H2,1H3. The Balaban J connectivity index is 1.44. The lowest BCUT2D eigenvalue weighted by atomic mass is 9.93. The van der Waals surface area contributed by atoms with E-state index in [9.17, 15) is 13.2 Å². The molecule has 0 saturated carbocycles. The molecule has 1 aliphatic heterocycles. The Morgan fingerprint density at radius 3 is 2.44 bits per heavy atom. The van der Waals surface area contributed by atoms with E-state index in [1.165, 1.54) is 6.07 Å². The number of hydrogen-bond acceptors (Lipinski definition) is 4. The minimum absolute atomic E-state index is 0.0729. The molecule has 0 aliphatic carbocycles. The van der Waals surface area contributed by atoms with Gasteiger partial charge in [0.05, 0.1) is 4.34 Å². The van der Waals surface area contributed by atoms with E-state index in [2.05, 4.69) is 4.72 Å². The van der Waals surface area contributed by atoms with Gasteiger partial charge in [0.1, 0.15) is 4.21 Å². The number of likely N-dealkylation sites (tertiary alicyclic amines) is 1. The van der Waals surface area contributed by atoms with Gasteiger partial charge in [0.15, 0.2) is 0 Å². The fraction of sp³-hybridized carbons (Fsp3) is 0.421. The molecule has 2 heterocycles. The number of hydrogen-bond donors (Lipinski definition) is 1. The zero-order valence-electron chi connectivity index (χ0n) is 15.2. The predicted molar refractivity (Wildman–Crippen MR) is 109 cm³/mol. The molecule has 0 atom stereocenters. The summed E-state index contributed by atoms with van der Waals surface area (Å²) in [4.78, 5) is 14.4. The number of amides is 1. The zero-order valence-corrected chi connectivity index (χ0v) is 17.5. The van der Waals surface area contributed by atoms with Crippen molar-refractivity contribution in [3.63, 3.8) is 0 Å². The molecule has 27 heavy (non-hydrogen) atoms. The normalized spacial score (nSPS) is 15.9. The van der Waals surface area contributed by atoms with Crippen LogP contribution in [0.25, 0.3) is 0 Å². The molecule has 1 aliphatic rings. The fourth-order valence-electron chi connectivity index (χ4n) is 3.21. The van der Waals surface area contributed by atoms with Crippen LogP contribution in [-0.2, 0) is 10.0 Å². The van der Waals surface area contributed by atoms with E-state index in [1.54, 1.807) is 6.07 Å². The summed E-state index contributed by atoms with van der Waals surface area (Å²) >= 11 is 6.86. The van der Waals surface area contributed by atoms with E-state index in [0.717, 1.165) is 41.7 Å². The van der Waals surface area contributed by atoms with Gasteiger partial charge in [-0.25, -0.2) is 13.1 Å². The first-order valence-corrected chi connectivity index (χ1v) is 11.6. The number of nitrogens with zero attached hydrogens (tertiary/aromatic N) is 1. The molecule has 1 aromatic heterocycles. The molecule has 0 bridgehead atoms. The van der Waals surface area contributed by atoms with Crippen molar-refractivity contribution in [3.05, 3.63) is 51.9 Å². The van der Waals surface area contributed by atoms with Crippen LogP contribution in [0.15, 0.2) is 40.6 Å². The molecule has 1 saturated heterocycles. The van der Waals surface area contributed by atoms with E-state index in [-0.39, 0.29) is 10.1 Å². The van der Waals surface area contributed by atoms with Gasteiger partial charge < -0.3 is 4.90 Å². The number of sulfonamides is 1. The second-order valence-electron chi connectivity index (χ2n) is 6.85. The third-order valence-corrected chi connectivity index (χ3v) is 8.04. The molecular weight excluding hydrogens is 404 g/mol. The highest BCUT2D eigenvalue weighted by atomic mass is 35.5. The fourth-order valence-corrected chi connectivity index (χ4v) is 5.79. The number of benzene rings is 1. The summed E-state index contributed by atoms with van der Waals surface area (Å²) in [7, 11) is -3.48. The summed E-state index contributed by atoms with van der Waals surface area (Å²) in [5, 5.41) is 0. The quantitative estimate of drug-likeness (QED) is 0.760. The number of carbonyl (C=O) groups excluding carboxylic acids is 1. The number of piperidine rings is 1. The Bertz CT molecular complexity index is 886. The second kappa shape index (κ2) is 8.73. The predicted octanol–water partition coefficient (Wildman–Crippen LogP) is 3.93. The molecule has 1 amide bonds. The highest BCUT2D eigenvalue weighted by Gasteiger charge is 2.24. The molecule has 1 aromatic carbocycles. The van der Waals surface area contributed by atoms with Crippen LogP contribution in [-0.4, -0.2) is 38.9 Å². The first-order valence-electron chi connectivity index (χ1n) is 8.96. The van der Waals surface area contributed by atoms with Crippen LogP contribution in [0.2, 0.25) is 4.34 Å². The molecule has 2 aromatic rings. The van der Waals surface area contributed by atoms with Crippen LogP contribution in [0.4, 0.5) is 0 Å². The summed E-state index contributed by atoms with van der Waals surface area (Å²) in [5.41, 5.74) is 1.86. The largest absolute Gasteiger partial charge is 0.339 e. The van der Waals surface area contributed by atoms with Crippen molar-refractivity contribution in [2.75, 3.05) is 19.6 Å². The molecule has 0 unspecified atom stereocenters. The number of halogens is 1. The molecule has 1 N–H and O–H groups in total. The van der Waals surface area contributed by atoms with Gasteiger partial charge in [0, 0.05) is 25.2 Å². The Kier molecular flexibility index (Phi) is 6.57. The number of thiophene rings is 1. The van der Waals surface area contributed by atoms with Crippen LogP contribution in [0, 0.1) is 12.8 Å². The maximum Gasteiger partial charge on any atom is 0.253 e. The van der Waals surface area contributed by atoms with Gasteiger partial charge in [-0.3, -0.25) is 4.79 Å². The summed E-state index contributed by atoms with van der Waals surface area (Å²) < 4.78 is 27.7. The molecule has 0 spiro atoms. The number of aryl methyl sites for hydroxylation is 1. The average Bonchev–Trinajstić information content (AvgIpc) is 3.10. The lowest BCUT2D eigenvalue weighted by molar-refractivity contribution is 0.0687. The Labute approximate surface area is 169 Å². The number of rotatable bonds is 6. The van der Waals surface area contributed by atoms with Crippen molar-refractivity contribution in [2.24, 2.45) is 5.92 Å². The van der Waals surface area contributed by atoms with Crippen LogP contribution in [0.3, 0.4) is 0 Å². The van der Waals surface area contributed by atoms with Crippen molar-refractivity contribution in [1.29, 1.82) is 0 Å². The Morgan fingerprint density at radius 1 is 1.19 bits per heavy atom. The second-order valence-corrected chi connectivity index (χ2v) is 10.6. The van der Waals surface area contributed by atoms with Crippen LogP contribution < -0.4 is 4.72 Å². The first-order chi connectivity index (χ1) is 12.8. The topological polar surface area (TPSA) is 66.5 Å². The van der Waals surface area contributed by atoms with E-state index in [4.69, 9.17) is 11.6 Å². The zero-order chi connectivity index (χ0) is 19.4. The monoisotopic (exact) mass is 426 g/mol. The number of nitrogens with one attached hydrogen (secondary N) is 1. The van der Waals surface area contributed by atoms with E-state index in [1.807, 2.05) is 36.1 Å². The van der Waals surface area contributed by atoms with Crippen LogP contribution in [0.1, 0.15) is 35.2 Å². The average molecular weight is 427 g/mol. The molecule has 8 heteroatoms.